The van der Waals surface area contributed by atoms with E-state index in [-0.39, 0.29) is 4.91 Å². The number of nitrogens with one attached hydrogen (secondary N) is 2. The molecule has 0 atom stereocenters. The molecule has 1 saturated heterocycles. The lowest BCUT2D eigenvalue weighted by atomic mass is 10.3. The molecule has 20 heavy (non-hydrogen) atoms. The number of anilines is 1. The molecule has 7 heteroatoms. The van der Waals surface area contributed by atoms with Gasteiger partial charge in [-0.3, -0.25) is 19.7 Å². The van der Waals surface area contributed by atoms with Gasteiger partial charge in [0, 0.05) is 6.08 Å². The lowest BCUT2D eigenvalue weighted by Gasteiger charge is -2.09. The molecule has 1 aromatic carbocycles. The van der Waals surface area contributed by atoms with E-state index >= 15 is 0 Å². The third-order valence-electron chi connectivity index (χ3n) is 2.35. The highest BCUT2D eigenvalue weighted by Gasteiger charge is 2.26. The Morgan fingerprint density at radius 2 is 2.15 bits per heavy atom. The van der Waals surface area contributed by atoms with Crippen LogP contribution in [0.5, 0.6) is 5.75 Å². The Labute approximate surface area is 119 Å². The Morgan fingerprint density at radius 1 is 1.40 bits per heavy atom. The summed E-state index contributed by atoms with van der Waals surface area (Å²) in [6, 6.07) is 6.96. The molecule has 0 radical (unpaired) electrons. The third-order valence-corrected chi connectivity index (χ3v) is 3.16. The molecule has 1 aromatic rings. The van der Waals surface area contributed by atoms with Gasteiger partial charge in [-0.25, -0.2) is 0 Å². The number of para-hydroxylation sites is 2. The SMILES string of the molecule is CCOc1ccccc1NC(=O)/C=C1\SC(=O)NC1=O. The van der Waals surface area contributed by atoms with Crippen molar-refractivity contribution in [3.63, 3.8) is 0 Å². The number of ether oxygens (including phenoxy) is 1. The van der Waals surface area contributed by atoms with E-state index in [0.29, 0.717) is 29.8 Å². The molecule has 1 aliphatic rings. The molecule has 1 heterocycles. The van der Waals surface area contributed by atoms with Crippen LogP contribution in [0.25, 0.3) is 0 Å². The molecule has 104 valence electrons. The van der Waals surface area contributed by atoms with Gasteiger partial charge in [-0.15, -0.1) is 0 Å². The van der Waals surface area contributed by atoms with Crippen LogP contribution >= 0.6 is 11.8 Å². The number of carbonyl (C=O) groups excluding carboxylic acids is 3. The van der Waals surface area contributed by atoms with Crippen molar-refractivity contribution in [1.29, 1.82) is 0 Å². The number of amides is 3. The summed E-state index contributed by atoms with van der Waals surface area (Å²) in [7, 11) is 0. The summed E-state index contributed by atoms with van der Waals surface area (Å²) in [5.74, 6) is -0.515. The average molecular weight is 292 g/mol. The van der Waals surface area contributed by atoms with E-state index in [9.17, 15) is 14.4 Å². The quantitative estimate of drug-likeness (QED) is 0.828. The number of rotatable bonds is 4. The summed E-state index contributed by atoms with van der Waals surface area (Å²) in [4.78, 5) is 34.2. The highest BCUT2D eigenvalue weighted by molar-refractivity contribution is 8.18. The lowest BCUT2D eigenvalue weighted by Crippen LogP contribution is -2.19. The standard InChI is InChI=1S/C13H12N2O4S/c1-2-19-9-6-4-3-5-8(9)14-11(16)7-10-12(17)15-13(18)20-10/h3-7H,2H2,1H3,(H,14,16)(H,15,17,18)/b10-7-. The first kappa shape index (κ1) is 14.1. The fourth-order valence-electron chi connectivity index (χ4n) is 1.56. The van der Waals surface area contributed by atoms with Gasteiger partial charge in [0.05, 0.1) is 17.2 Å². The average Bonchev–Trinajstić information content (AvgIpc) is 2.70. The first-order chi connectivity index (χ1) is 9.60. The predicted octanol–water partition coefficient (Wildman–Crippen LogP) is 1.89. The van der Waals surface area contributed by atoms with Crippen molar-refractivity contribution < 1.29 is 19.1 Å². The maximum absolute atomic E-state index is 11.8. The summed E-state index contributed by atoms with van der Waals surface area (Å²) < 4.78 is 5.37. The molecular formula is C13H12N2O4S. The van der Waals surface area contributed by atoms with Crippen molar-refractivity contribution in [3.8, 4) is 5.75 Å². The third kappa shape index (κ3) is 3.39. The summed E-state index contributed by atoms with van der Waals surface area (Å²) in [6.45, 7) is 2.31. The van der Waals surface area contributed by atoms with Crippen LogP contribution in [0.4, 0.5) is 10.5 Å². The summed E-state index contributed by atoms with van der Waals surface area (Å²) in [5, 5.41) is 4.21. The second-order valence-electron chi connectivity index (χ2n) is 3.77. The molecule has 0 unspecified atom stereocenters. The van der Waals surface area contributed by atoms with Crippen LogP contribution in [0.15, 0.2) is 35.2 Å². The number of imide groups is 1. The molecule has 0 aromatic heterocycles. The van der Waals surface area contributed by atoms with Crippen molar-refractivity contribution in [2.24, 2.45) is 0 Å². The molecule has 0 saturated carbocycles. The second kappa shape index (κ2) is 6.25. The minimum absolute atomic E-state index is 0.0707. The van der Waals surface area contributed by atoms with Crippen molar-refractivity contribution >= 4 is 34.5 Å². The van der Waals surface area contributed by atoms with Gasteiger partial charge in [-0.2, -0.15) is 0 Å². The Kier molecular flexibility index (Phi) is 4.41. The van der Waals surface area contributed by atoms with Crippen LogP contribution in [0.2, 0.25) is 0 Å². The van der Waals surface area contributed by atoms with E-state index in [1.165, 1.54) is 0 Å². The summed E-state index contributed by atoms with van der Waals surface area (Å²) in [6.07, 6.45) is 1.09. The van der Waals surface area contributed by atoms with Gasteiger partial charge < -0.3 is 10.1 Å². The number of hydrogen-bond donors (Lipinski definition) is 2. The van der Waals surface area contributed by atoms with Gasteiger partial charge in [0.15, 0.2) is 0 Å². The maximum Gasteiger partial charge on any atom is 0.290 e. The van der Waals surface area contributed by atoms with E-state index in [4.69, 9.17) is 4.74 Å². The first-order valence-corrected chi connectivity index (χ1v) is 6.69. The zero-order valence-corrected chi connectivity index (χ0v) is 11.5. The Morgan fingerprint density at radius 3 is 2.80 bits per heavy atom. The summed E-state index contributed by atoms with van der Waals surface area (Å²) in [5.41, 5.74) is 0.505. The number of carbonyl (C=O) groups is 3. The Hall–Kier alpha value is -2.28. The molecule has 2 N–H and O–H groups in total. The second-order valence-corrected chi connectivity index (χ2v) is 4.79. The fourth-order valence-corrected chi connectivity index (χ4v) is 2.21. The van der Waals surface area contributed by atoms with Gasteiger partial charge in [-0.05, 0) is 30.8 Å². The Balaban J connectivity index is 2.11. The predicted molar refractivity (Wildman–Crippen MR) is 75.5 cm³/mol. The Bertz CT molecular complexity index is 598. The van der Waals surface area contributed by atoms with Gasteiger partial charge in [0.25, 0.3) is 11.1 Å². The van der Waals surface area contributed by atoms with Crippen LogP contribution < -0.4 is 15.4 Å². The van der Waals surface area contributed by atoms with Gasteiger partial charge in [0.2, 0.25) is 5.91 Å². The lowest BCUT2D eigenvalue weighted by molar-refractivity contribution is -0.116. The zero-order chi connectivity index (χ0) is 14.5. The highest BCUT2D eigenvalue weighted by Crippen LogP contribution is 2.25. The minimum atomic E-state index is -0.562. The molecule has 6 nitrogen and oxygen atoms in total. The molecule has 2 rings (SSSR count). The first-order valence-electron chi connectivity index (χ1n) is 5.88. The largest absolute Gasteiger partial charge is 0.492 e. The molecule has 0 aliphatic carbocycles. The van der Waals surface area contributed by atoms with Crippen LogP contribution in [-0.2, 0) is 9.59 Å². The van der Waals surface area contributed by atoms with Crippen LogP contribution in [-0.4, -0.2) is 23.7 Å². The monoisotopic (exact) mass is 292 g/mol. The molecule has 3 amide bonds. The molecule has 0 bridgehead atoms. The maximum atomic E-state index is 11.8. The number of thioether (sulfide) groups is 1. The summed E-state index contributed by atoms with van der Waals surface area (Å²) >= 11 is 0.696. The van der Waals surface area contributed by atoms with Crippen LogP contribution in [0.3, 0.4) is 0 Å². The van der Waals surface area contributed by atoms with E-state index < -0.39 is 17.1 Å². The molecule has 0 spiro atoms. The molecule has 1 fully saturated rings. The van der Waals surface area contributed by atoms with E-state index in [1.807, 2.05) is 6.92 Å². The topological polar surface area (TPSA) is 84.5 Å². The number of hydrogen-bond acceptors (Lipinski definition) is 5. The van der Waals surface area contributed by atoms with Crippen molar-refractivity contribution in [2.45, 2.75) is 6.92 Å². The zero-order valence-electron chi connectivity index (χ0n) is 10.6. The molecular weight excluding hydrogens is 280 g/mol. The van der Waals surface area contributed by atoms with Crippen molar-refractivity contribution in [1.82, 2.24) is 5.32 Å². The highest BCUT2D eigenvalue weighted by atomic mass is 32.2. The van der Waals surface area contributed by atoms with E-state index in [2.05, 4.69) is 10.6 Å². The van der Waals surface area contributed by atoms with E-state index in [1.54, 1.807) is 24.3 Å². The van der Waals surface area contributed by atoms with Gasteiger partial charge >= 0.3 is 0 Å². The fraction of sp³-hybridized carbons (Fsp3) is 0.154. The van der Waals surface area contributed by atoms with Crippen LogP contribution in [0.1, 0.15) is 6.92 Å². The van der Waals surface area contributed by atoms with Crippen molar-refractivity contribution in [3.05, 3.63) is 35.2 Å². The van der Waals surface area contributed by atoms with Crippen molar-refractivity contribution in [2.75, 3.05) is 11.9 Å². The minimum Gasteiger partial charge on any atom is -0.492 e. The normalized spacial score (nSPS) is 16.1. The smallest absolute Gasteiger partial charge is 0.290 e. The molecule has 1 aliphatic heterocycles. The van der Waals surface area contributed by atoms with E-state index in [0.717, 1.165) is 6.08 Å². The van der Waals surface area contributed by atoms with Gasteiger partial charge in [-0.1, -0.05) is 12.1 Å². The van der Waals surface area contributed by atoms with Crippen LogP contribution in [0, 0.1) is 0 Å². The number of benzene rings is 1. The van der Waals surface area contributed by atoms with Gasteiger partial charge in [0.1, 0.15) is 5.75 Å².